The second-order valence-corrected chi connectivity index (χ2v) is 7.18. The zero-order valence-electron chi connectivity index (χ0n) is 16.9. The number of amides is 2. The Hall–Kier alpha value is -3.54. The third-order valence-electron chi connectivity index (χ3n) is 5.06. The van der Waals surface area contributed by atoms with Crippen molar-refractivity contribution >= 4 is 23.2 Å². The molecule has 0 bridgehead atoms. The van der Waals surface area contributed by atoms with Gasteiger partial charge in [0.15, 0.2) is 5.76 Å². The minimum atomic E-state index is -0.168. The molecule has 0 fully saturated rings. The SMILES string of the molecule is CCOc1ccc(CC(=O)Nc2ccc3c(c2)N(C(=O)c2ccco2)CCC3)cc1. The Bertz CT molecular complexity index is 1030. The molecule has 1 aliphatic rings. The highest BCUT2D eigenvalue weighted by Gasteiger charge is 2.25. The van der Waals surface area contributed by atoms with Gasteiger partial charge in [-0.2, -0.15) is 0 Å². The van der Waals surface area contributed by atoms with Crippen molar-refractivity contribution in [3.8, 4) is 5.75 Å². The molecule has 30 heavy (non-hydrogen) atoms. The molecule has 154 valence electrons. The lowest BCUT2D eigenvalue weighted by Gasteiger charge is -2.29. The minimum absolute atomic E-state index is 0.112. The van der Waals surface area contributed by atoms with Gasteiger partial charge >= 0.3 is 0 Å². The van der Waals surface area contributed by atoms with E-state index >= 15 is 0 Å². The first-order valence-corrected chi connectivity index (χ1v) is 10.1. The lowest BCUT2D eigenvalue weighted by Crippen LogP contribution is -2.35. The number of furan rings is 1. The normalized spacial score (nSPS) is 12.9. The molecule has 1 aromatic heterocycles. The van der Waals surface area contributed by atoms with E-state index in [1.54, 1.807) is 17.0 Å². The third-order valence-corrected chi connectivity index (χ3v) is 5.06. The van der Waals surface area contributed by atoms with Gasteiger partial charge in [-0.15, -0.1) is 0 Å². The number of carbonyl (C=O) groups is 2. The molecule has 3 aromatic rings. The molecule has 0 radical (unpaired) electrons. The van der Waals surface area contributed by atoms with Crippen LogP contribution in [0, 0.1) is 0 Å². The number of ether oxygens (including phenoxy) is 1. The van der Waals surface area contributed by atoms with Crippen LogP contribution in [0.15, 0.2) is 65.3 Å². The van der Waals surface area contributed by atoms with Crippen molar-refractivity contribution < 1.29 is 18.7 Å². The zero-order chi connectivity index (χ0) is 20.9. The molecule has 0 aliphatic carbocycles. The maximum absolute atomic E-state index is 12.8. The van der Waals surface area contributed by atoms with E-state index in [0.29, 0.717) is 24.6 Å². The van der Waals surface area contributed by atoms with Crippen LogP contribution in [0.5, 0.6) is 5.75 Å². The van der Waals surface area contributed by atoms with Gasteiger partial charge < -0.3 is 19.4 Å². The highest BCUT2D eigenvalue weighted by atomic mass is 16.5. The fourth-order valence-corrected chi connectivity index (χ4v) is 3.66. The van der Waals surface area contributed by atoms with Crippen molar-refractivity contribution in [1.82, 2.24) is 0 Å². The fourth-order valence-electron chi connectivity index (χ4n) is 3.66. The maximum atomic E-state index is 12.8. The van der Waals surface area contributed by atoms with Crippen LogP contribution in [0.3, 0.4) is 0 Å². The molecule has 0 unspecified atom stereocenters. The summed E-state index contributed by atoms with van der Waals surface area (Å²) in [5, 5.41) is 2.94. The molecule has 2 aromatic carbocycles. The smallest absolute Gasteiger partial charge is 0.293 e. The van der Waals surface area contributed by atoms with E-state index in [9.17, 15) is 9.59 Å². The average molecular weight is 404 g/mol. The number of carbonyl (C=O) groups excluding carboxylic acids is 2. The van der Waals surface area contributed by atoms with Gasteiger partial charge in [0.25, 0.3) is 5.91 Å². The van der Waals surface area contributed by atoms with E-state index in [4.69, 9.17) is 9.15 Å². The van der Waals surface area contributed by atoms with Crippen LogP contribution in [-0.4, -0.2) is 25.0 Å². The molecule has 1 N–H and O–H groups in total. The second-order valence-electron chi connectivity index (χ2n) is 7.18. The van der Waals surface area contributed by atoms with Crippen molar-refractivity contribution in [2.75, 3.05) is 23.4 Å². The minimum Gasteiger partial charge on any atom is -0.494 e. The lowest BCUT2D eigenvalue weighted by molar-refractivity contribution is -0.115. The Kier molecular flexibility index (Phi) is 5.84. The zero-order valence-corrected chi connectivity index (χ0v) is 16.9. The Morgan fingerprint density at radius 1 is 1.13 bits per heavy atom. The molecule has 0 spiro atoms. The van der Waals surface area contributed by atoms with Crippen LogP contribution in [0.1, 0.15) is 35.0 Å². The summed E-state index contributed by atoms with van der Waals surface area (Å²) < 4.78 is 10.7. The highest BCUT2D eigenvalue weighted by molar-refractivity contribution is 6.05. The summed E-state index contributed by atoms with van der Waals surface area (Å²) in [5.74, 6) is 0.822. The van der Waals surface area contributed by atoms with Gasteiger partial charge in [0, 0.05) is 17.9 Å². The van der Waals surface area contributed by atoms with Crippen LogP contribution in [0.25, 0.3) is 0 Å². The van der Waals surface area contributed by atoms with Gasteiger partial charge in [-0.05, 0) is 67.3 Å². The first-order chi connectivity index (χ1) is 14.6. The molecule has 4 rings (SSSR count). The molecule has 0 saturated heterocycles. The number of hydrogen-bond donors (Lipinski definition) is 1. The van der Waals surface area contributed by atoms with Crippen molar-refractivity contribution in [1.29, 1.82) is 0 Å². The summed E-state index contributed by atoms with van der Waals surface area (Å²) in [6, 6.07) is 16.6. The number of rotatable bonds is 6. The molecule has 1 aliphatic heterocycles. The first-order valence-electron chi connectivity index (χ1n) is 10.1. The molecule has 6 nitrogen and oxygen atoms in total. The summed E-state index contributed by atoms with van der Waals surface area (Å²) in [6.45, 7) is 3.16. The number of aryl methyl sites for hydroxylation is 1. The number of anilines is 2. The summed E-state index contributed by atoms with van der Waals surface area (Å²) in [7, 11) is 0. The highest BCUT2D eigenvalue weighted by Crippen LogP contribution is 2.31. The standard InChI is InChI=1S/C24H24N2O4/c1-2-29-20-11-7-17(8-12-20)15-23(27)25-19-10-9-18-5-3-13-26(21(18)16-19)24(28)22-6-4-14-30-22/h4,6-12,14,16H,2-3,5,13,15H2,1H3,(H,25,27). The van der Waals surface area contributed by atoms with Crippen LogP contribution < -0.4 is 15.0 Å². The number of benzene rings is 2. The Balaban J connectivity index is 1.47. The molecule has 0 atom stereocenters. The monoisotopic (exact) mass is 404 g/mol. The number of hydrogen-bond acceptors (Lipinski definition) is 4. The largest absolute Gasteiger partial charge is 0.494 e. The van der Waals surface area contributed by atoms with Crippen molar-refractivity contribution in [3.63, 3.8) is 0 Å². The summed E-state index contributed by atoms with van der Waals surface area (Å²) in [6.07, 6.45) is 3.55. The Morgan fingerprint density at radius 2 is 1.97 bits per heavy atom. The number of nitrogens with one attached hydrogen (secondary N) is 1. The molecular weight excluding hydrogens is 380 g/mol. The fraction of sp³-hybridized carbons (Fsp3) is 0.250. The first kappa shape index (κ1) is 19.8. The summed E-state index contributed by atoms with van der Waals surface area (Å²) >= 11 is 0. The van der Waals surface area contributed by atoms with Crippen LogP contribution in [-0.2, 0) is 17.6 Å². The average Bonchev–Trinajstić information content (AvgIpc) is 3.29. The molecule has 2 amide bonds. The predicted molar refractivity (Wildman–Crippen MR) is 115 cm³/mol. The molecule has 0 saturated carbocycles. The maximum Gasteiger partial charge on any atom is 0.293 e. The van der Waals surface area contributed by atoms with Crippen LogP contribution >= 0.6 is 0 Å². The van der Waals surface area contributed by atoms with Gasteiger partial charge in [0.05, 0.1) is 19.3 Å². The van der Waals surface area contributed by atoms with Crippen molar-refractivity contribution in [2.45, 2.75) is 26.2 Å². The van der Waals surface area contributed by atoms with E-state index in [0.717, 1.165) is 35.4 Å². The number of nitrogens with zero attached hydrogens (tertiary/aromatic N) is 1. The van der Waals surface area contributed by atoms with Gasteiger partial charge in [-0.3, -0.25) is 9.59 Å². The molecule has 6 heteroatoms. The van der Waals surface area contributed by atoms with E-state index in [1.165, 1.54) is 6.26 Å². The second kappa shape index (κ2) is 8.86. The van der Waals surface area contributed by atoms with Gasteiger partial charge in [-0.25, -0.2) is 0 Å². The summed E-state index contributed by atoms with van der Waals surface area (Å²) in [5.41, 5.74) is 3.49. The van der Waals surface area contributed by atoms with E-state index in [1.807, 2.05) is 49.4 Å². The van der Waals surface area contributed by atoms with Crippen molar-refractivity contribution in [2.24, 2.45) is 0 Å². The van der Waals surface area contributed by atoms with Crippen molar-refractivity contribution in [3.05, 3.63) is 77.7 Å². The Labute approximate surface area is 175 Å². The van der Waals surface area contributed by atoms with E-state index in [-0.39, 0.29) is 18.2 Å². The molecular formula is C24H24N2O4. The summed E-state index contributed by atoms with van der Waals surface area (Å²) in [4.78, 5) is 27.1. The topological polar surface area (TPSA) is 71.8 Å². The van der Waals surface area contributed by atoms with E-state index < -0.39 is 0 Å². The Morgan fingerprint density at radius 3 is 2.70 bits per heavy atom. The number of fused-ring (bicyclic) bond motifs is 1. The predicted octanol–water partition coefficient (Wildman–Crippen LogP) is 4.45. The van der Waals surface area contributed by atoms with Gasteiger partial charge in [0.2, 0.25) is 5.91 Å². The quantitative estimate of drug-likeness (QED) is 0.659. The lowest BCUT2D eigenvalue weighted by atomic mass is 10.0. The van der Waals surface area contributed by atoms with Crippen LogP contribution in [0.4, 0.5) is 11.4 Å². The van der Waals surface area contributed by atoms with Gasteiger partial charge in [-0.1, -0.05) is 18.2 Å². The molecule has 2 heterocycles. The van der Waals surface area contributed by atoms with Gasteiger partial charge in [0.1, 0.15) is 5.75 Å². The van der Waals surface area contributed by atoms with E-state index in [2.05, 4.69) is 5.32 Å². The third kappa shape index (κ3) is 4.38. The van der Waals surface area contributed by atoms with Crippen LogP contribution in [0.2, 0.25) is 0 Å².